The van der Waals surface area contributed by atoms with E-state index in [0.717, 1.165) is 12.0 Å². The molecule has 0 heterocycles. The summed E-state index contributed by atoms with van der Waals surface area (Å²) < 4.78 is 0.680. The standard InChI is InChI=1S/C15H14BrClN2O2/c1-2-13(10-3-6-12(17)7-4-10)18-14-8-5-11(16)9-15(14)19(20)21/h3-9,13,18H,2H2,1H3. The van der Waals surface area contributed by atoms with Gasteiger partial charge in [-0.15, -0.1) is 0 Å². The Morgan fingerprint density at radius 1 is 1.29 bits per heavy atom. The minimum absolute atomic E-state index is 0.0119. The first-order valence-electron chi connectivity index (χ1n) is 6.47. The maximum atomic E-state index is 11.2. The molecule has 0 saturated heterocycles. The lowest BCUT2D eigenvalue weighted by molar-refractivity contribution is -0.384. The van der Waals surface area contributed by atoms with E-state index < -0.39 is 0 Å². The molecule has 2 aromatic carbocycles. The molecule has 0 bridgehead atoms. The van der Waals surface area contributed by atoms with Crippen molar-refractivity contribution >= 4 is 38.9 Å². The van der Waals surface area contributed by atoms with E-state index in [1.807, 2.05) is 31.2 Å². The van der Waals surface area contributed by atoms with Crippen molar-refractivity contribution in [1.29, 1.82) is 0 Å². The monoisotopic (exact) mass is 368 g/mol. The van der Waals surface area contributed by atoms with Gasteiger partial charge in [-0.3, -0.25) is 10.1 Å². The smallest absolute Gasteiger partial charge is 0.293 e. The number of nitro benzene ring substituents is 1. The molecule has 0 radical (unpaired) electrons. The Hall–Kier alpha value is -1.59. The molecular formula is C15H14BrClN2O2. The highest BCUT2D eigenvalue weighted by molar-refractivity contribution is 9.10. The number of nitro groups is 1. The molecule has 21 heavy (non-hydrogen) atoms. The van der Waals surface area contributed by atoms with Crippen molar-refractivity contribution in [3.63, 3.8) is 0 Å². The molecule has 6 heteroatoms. The molecule has 0 aliphatic rings. The number of nitrogens with zero attached hydrogens (tertiary/aromatic N) is 1. The predicted molar refractivity (Wildman–Crippen MR) is 88.9 cm³/mol. The molecule has 0 amide bonds. The lowest BCUT2D eigenvalue weighted by Crippen LogP contribution is -2.11. The molecule has 2 rings (SSSR count). The third-order valence-electron chi connectivity index (χ3n) is 3.17. The summed E-state index contributed by atoms with van der Waals surface area (Å²) >= 11 is 9.14. The molecular weight excluding hydrogens is 356 g/mol. The van der Waals surface area contributed by atoms with Gasteiger partial charge in [-0.1, -0.05) is 46.6 Å². The van der Waals surface area contributed by atoms with E-state index >= 15 is 0 Å². The summed E-state index contributed by atoms with van der Waals surface area (Å²) in [6, 6.07) is 12.5. The van der Waals surface area contributed by atoms with Crippen LogP contribution in [0.1, 0.15) is 24.9 Å². The highest BCUT2D eigenvalue weighted by Gasteiger charge is 2.17. The van der Waals surface area contributed by atoms with E-state index in [-0.39, 0.29) is 16.7 Å². The summed E-state index contributed by atoms with van der Waals surface area (Å²) in [4.78, 5) is 10.8. The van der Waals surface area contributed by atoms with Gasteiger partial charge in [0.2, 0.25) is 0 Å². The molecule has 2 aromatic rings. The van der Waals surface area contributed by atoms with E-state index in [4.69, 9.17) is 11.6 Å². The van der Waals surface area contributed by atoms with Crippen LogP contribution in [0.4, 0.5) is 11.4 Å². The number of benzene rings is 2. The third-order valence-corrected chi connectivity index (χ3v) is 3.91. The number of hydrogen-bond acceptors (Lipinski definition) is 3. The summed E-state index contributed by atoms with van der Waals surface area (Å²) in [6.45, 7) is 2.02. The highest BCUT2D eigenvalue weighted by atomic mass is 79.9. The minimum Gasteiger partial charge on any atom is -0.373 e. The van der Waals surface area contributed by atoms with Crippen LogP contribution in [0.2, 0.25) is 5.02 Å². The van der Waals surface area contributed by atoms with E-state index in [1.165, 1.54) is 6.07 Å². The fourth-order valence-corrected chi connectivity index (χ4v) is 2.56. The number of hydrogen-bond donors (Lipinski definition) is 1. The van der Waals surface area contributed by atoms with Gasteiger partial charge in [-0.05, 0) is 36.2 Å². The summed E-state index contributed by atoms with van der Waals surface area (Å²) in [7, 11) is 0. The first kappa shape index (κ1) is 15.8. The van der Waals surface area contributed by atoms with Gasteiger partial charge in [0.1, 0.15) is 5.69 Å². The molecule has 110 valence electrons. The maximum Gasteiger partial charge on any atom is 0.293 e. The molecule has 0 aliphatic carbocycles. The summed E-state index contributed by atoms with van der Waals surface area (Å²) in [5, 5.41) is 15.1. The van der Waals surface area contributed by atoms with Crippen LogP contribution >= 0.6 is 27.5 Å². The van der Waals surface area contributed by atoms with Gasteiger partial charge < -0.3 is 5.32 Å². The normalized spacial score (nSPS) is 12.0. The van der Waals surface area contributed by atoms with Crippen molar-refractivity contribution in [2.45, 2.75) is 19.4 Å². The Morgan fingerprint density at radius 2 is 1.95 bits per heavy atom. The predicted octanol–water partition coefficient (Wildman–Crippen LogP) is 5.57. The number of rotatable bonds is 5. The fraction of sp³-hybridized carbons (Fsp3) is 0.200. The quantitative estimate of drug-likeness (QED) is 0.553. The zero-order chi connectivity index (χ0) is 15.4. The third kappa shape index (κ3) is 3.95. The van der Waals surface area contributed by atoms with Crippen molar-refractivity contribution in [3.05, 3.63) is 67.6 Å². The van der Waals surface area contributed by atoms with Gasteiger partial charge in [0.05, 0.1) is 11.0 Å². The Morgan fingerprint density at radius 3 is 2.52 bits per heavy atom. The molecule has 4 nitrogen and oxygen atoms in total. The Kier molecular flexibility index (Phi) is 5.20. The van der Waals surface area contributed by atoms with Crippen LogP contribution in [-0.4, -0.2) is 4.92 Å². The second-order valence-corrected chi connectivity index (χ2v) is 5.93. The van der Waals surface area contributed by atoms with E-state index in [1.54, 1.807) is 12.1 Å². The zero-order valence-corrected chi connectivity index (χ0v) is 13.7. The van der Waals surface area contributed by atoms with Crippen LogP contribution in [0.3, 0.4) is 0 Å². The molecule has 1 N–H and O–H groups in total. The second-order valence-electron chi connectivity index (χ2n) is 4.58. The largest absolute Gasteiger partial charge is 0.373 e. The second kappa shape index (κ2) is 6.91. The van der Waals surface area contributed by atoms with E-state index in [0.29, 0.717) is 15.2 Å². The lowest BCUT2D eigenvalue weighted by atomic mass is 10.0. The van der Waals surface area contributed by atoms with Crippen LogP contribution in [0.25, 0.3) is 0 Å². The van der Waals surface area contributed by atoms with Crippen molar-refractivity contribution < 1.29 is 4.92 Å². The maximum absolute atomic E-state index is 11.2. The van der Waals surface area contributed by atoms with Gasteiger partial charge >= 0.3 is 0 Å². The molecule has 1 unspecified atom stereocenters. The molecule has 0 spiro atoms. The summed E-state index contributed by atoms with van der Waals surface area (Å²) in [5.74, 6) is 0. The highest BCUT2D eigenvalue weighted by Crippen LogP contribution is 2.32. The van der Waals surface area contributed by atoms with Gasteiger partial charge in [-0.25, -0.2) is 0 Å². The van der Waals surface area contributed by atoms with Gasteiger partial charge in [0.15, 0.2) is 0 Å². The Bertz CT molecular complexity index is 647. The first-order valence-corrected chi connectivity index (χ1v) is 7.64. The van der Waals surface area contributed by atoms with Crippen molar-refractivity contribution in [2.75, 3.05) is 5.32 Å². The number of halogens is 2. The van der Waals surface area contributed by atoms with Crippen LogP contribution in [0.15, 0.2) is 46.9 Å². The molecule has 1 atom stereocenters. The zero-order valence-electron chi connectivity index (χ0n) is 11.3. The van der Waals surface area contributed by atoms with Gasteiger partial charge in [0.25, 0.3) is 5.69 Å². The van der Waals surface area contributed by atoms with E-state index in [2.05, 4.69) is 21.2 Å². The van der Waals surface area contributed by atoms with Crippen molar-refractivity contribution in [2.24, 2.45) is 0 Å². The van der Waals surface area contributed by atoms with Crippen LogP contribution < -0.4 is 5.32 Å². The van der Waals surface area contributed by atoms with Crippen LogP contribution in [0.5, 0.6) is 0 Å². The Labute approximate surface area is 136 Å². The van der Waals surface area contributed by atoms with Gasteiger partial charge in [-0.2, -0.15) is 0 Å². The average molecular weight is 370 g/mol. The minimum atomic E-state index is -0.387. The first-order chi connectivity index (χ1) is 10.0. The number of nitrogens with one attached hydrogen (secondary N) is 1. The fourth-order valence-electron chi connectivity index (χ4n) is 2.08. The van der Waals surface area contributed by atoms with Crippen LogP contribution in [0, 0.1) is 10.1 Å². The Balaban J connectivity index is 2.30. The molecule has 0 aromatic heterocycles. The van der Waals surface area contributed by atoms with Gasteiger partial charge in [0, 0.05) is 15.6 Å². The summed E-state index contributed by atoms with van der Waals surface area (Å²) in [5.41, 5.74) is 1.60. The SMILES string of the molecule is CCC(Nc1ccc(Br)cc1[N+](=O)[O-])c1ccc(Cl)cc1. The molecule has 0 saturated carbocycles. The van der Waals surface area contributed by atoms with Crippen LogP contribution in [-0.2, 0) is 0 Å². The lowest BCUT2D eigenvalue weighted by Gasteiger charge is -2.19. The topological polar surface area (TPSA) is 55.2 Å². The van der Waals surface area contributed by atoms with E-state index in [9.17, 15) is 10.1 Å². The molecule has 0 aliphatic heterocycles. The average Bonchev–Trinajstić information content (AvgIpc) is 2.47. The van der Waals surface area contributed by atoms with Crippen molar-refractivity contribution in [3.8, 4) is 0 Å². The molecule has 0 fully saturated rings. The summed E-state index contributed by atoms with van der Waals surface area (Å²) in [6.07, 6.45) is 0.800. The number of anilines is 1. The van der Waals surface area contributed by atoms with Crippen molar-refractivity contribution in [1.82, 2.24) is 0 Å².